The van der Waals surface area contributed by atoms with E-state index in [4.69, 9.17) is 5.73 Å². The first-order valence-corrected chi connectivity index (χ1v) is 17.6. The van der Waals surface area contributed by atoms with Crippen LogP contribution in [-0.2, 0) is 28.6 Å². The monoisotopic (exact) mass is 683 g/mol. The number of urea groups is 1. The zero-order chi connectivity index (χ0) is 34.7. The first-order chi connectivity index (χ1) is 23.5. The number of para-hydroxylation sites is 1. The van der Waals surface area contributed by atoms with Crippen LogP contribution in [0.5, 0.6) is 0 Å². The lowest BCUT2D eigenvalue weighted by Crippen LogP contribution is -2.53. The molecule has 6 rings (SSSR count). The van der Waals surface area contributed by atoms with Gasteiger partial charge in [-0.2, -0.15) is 13.2 Å². The van der Waals surface area contributed by atoms with Crippen molar-refractivity contribution in [1.29, 1.82) is 0 Å². The first-order valence-electron chi connectivity index (χ1n) is 17.6. The van der Waals surface area contributed by atoms with Crippen molar-refractivity contribution in [3.63, 3.8) is 0 Å². The van der Waals surface area contributed by atoms with Crippen molar-refractivity contribution in [3.05, 3.63) is 59.2 Å². The smallest absolute Gasteiger partial charge is 0.398 e. The summed E-state index contributed by atoms with van der Waals surface area (Å²) in [6.45, 7) is 6.62. The molecule has 4 aliphatic rings. The van der Waals surface area contributed by atoms with Crippen LogP contribution in [-0.4, -0.2) is 120 Å². The van der Waals surface area contributed by atoms with Crippen LogP contribution in [0.25, 0.3) is 0 Å². The van der Waals surface area contributed by atoms with E-state index in [0.717, 1.165) is 62.8 Å². The lowest BCUT2D eigenvalue weighted by Gasteiger charge is -2.42. The third-order valence-electron chi connectivity index (χ3n) is 10.9. The fraction of sp³-hybridized carbons (Fsp3) is 0.583. The van der Waals surface area contributed by atoms with Gasteiger partial charge in [-0.1, -0.05) is 24.3 Å². The van der Waals surface area contributed by atoms with Gasteiger partial charge in [-0.15, -0.1) is 0 Å². The standard InChI is InChI=1S/C36H48F3N7O3/c1-42-18-20-43(21-19-42)28-9-15-45(16-10-28)34(48)27(22-25-6-7-31(40)30(23-25)36(37,38)39)24-33(47)44-13-11-29(12-14-44)46-17-8-26-4-2-3-5-32(26)41-35(46)49/h2-7,23,27-29H,8-22,24,40H2,1H3,(H,41,49). The second-order valence-corrected chi connectivity index (χ2v) is 14.1. The molecule has 49 heavy (non-hydrogen) atoms. The number of piperidine rings is 2. The molecule has 3 saturated heterocycles. The SMILES string of the molecule is CN1CCN(C2CCN(C(=O)C(CC(=O)N3CCC(N4CCc5ccccc5NC4=O)CC3)Cc3ccc(N)c(C(F)(F)F)c3)CC2)CC1. The maximum absolute atomic E-state index is 14.1. The van der Waals surface area contributed by atoms with Gasteiger partial charge in [0, 0.05) is 88.8 Å². The average Bonchev–Trinajstić information content (AvgIpc) is 3.26. The van der Waals surface area contributed by atoms with Crippen molar-refractivity contribution < 1.29 is 27.6 Å². The molecule has 3 fully saturated rings. The molecule has 13 heteroatoms. The highest BCUT2D eigenvalue weighted by Crippen LogP contribution is 2.35. The zero-order valence-electron chi connectivity index (χ0n) is 28.3. The number of benzene rings is 2. The van der Waals surface area contributed by atoms with Gasteiger partial charge < -0.3 is 30.7 Å². The number of hydrogen-bond acceptors (Lipinski definition) is 6. The Balaban J connectivity index is 1.10. The number of fused-ring (bicyclic) bond motifs is 1. The lowest BCUT2D eigenvalue weighted by molar-refractivity contribution is -0.143. The summed E-state index contributed by atoms with van der Waals surface area (Å²) in [7, 11) is 2.12. The molecule has 0 aromatic heterocycles. The van der Waals surface area contributed by atoms with Gasteiger partial charge in [-0.25, -0.2) is 4.79 Å². The Morgan fingerprint density at radius 3 is 2.22 bits per heavy atom. The maximum atomic E-state index is 14.1. The van der Waals surface area contributed by atoms with Gasteiger partial charge in [0.25, 0.3) is 0 Å². The minimum atomic E-state index is -4.63. The lowest BCUT2D eigenvalue weighted by atomic mass is 9.91. The Morgan fingerprint density at radius 1 is 0.878 bits per heavy atom. The summed E-state index contributed by atoms with van der Waals surface area (Å²) in [4.78, 5) is 51.1. The van der Waals surface area contributed by atoms with E-state index in [0.29, 0.717) is 57.2 Å². The van der Waals surface area contributed by atoms with E-state index < -0.39 is 17.7 Å². The molecule has 3 N–H and O–H groups in total. The van der Waals surface area contributed by atoms with Gasteiger partial charge in [-0.3, -0.25) is 14.5 Å². The number of carbonyl (C=O) groups is 3. The fourth-order valence-corrected chi connectivity index (χ4v) is 7.91. The molecule has 1 unspecified atom stereocenters. The molecule has 1 atom stereocenters. The molecule has 2 aromatic rings. The van der Waals surface area contributed by atoms with E-state index in [-0.39, 0.29) is 42.4 Å². The van der Waals surface area contributed by atoms with Crippen LogP contribution in [0.2, 0.25) is 0 Å². The molecule has 0 aliphatic carbocycles. The van der Waals surface area contributed by atoms with Crippen molar-refractivity contribution in [2.75, 3.05) is 77.0 Å². The number of halogens is 3. The quantitative estimate of drug-likeness (QED) is 0.425. The highest BCUT2D eigenvalue weighted by atomic mass is 19.4. The fourth-order valence-electron chi connectivity index (χ4n) is 7.91. The van der Waals surface area contributed by atoms with E-state index in [2.05, 4.69) is 22.2 Å². The Labute approximate surface area is 286 Å². The Bertz CT molecular complexity index is 1500. The number of likely N-dealkylation sites (tertiary alicyclic amines) is 2. The van der Waals surface area contributed by atoms with Crippen molar-refractivity contribution in [1.82, 2.24) is 24.5 Å². The normalized spacial score (nSPS) is 21.2. The molecule has 2 aromatic carbocycles. The van der Waals surface area contributed by atoms with E-state index in [1.807, 2.05) is 29.2 Å². The summed E-state index contributed by atoms with van der Waals surface area (Å²) in [5.74, 6) is -1.18. The minimum Gasteiger partial charge on any atom is -0.398 e. The third kappa shape index (κ3) is 8.31. The summed E-state index contributed by atoms with van der Waals surface area (Å²) < 4.78 is 41.1. The van der Waals surface area contributed by atoms with Crippen LogP contribution >= 0.6 is 0 Å². The highest BCUT2D eigenvalue weighted by Gasteiger charge is 2.37. The molecule has 0 spiro atoms. The molecule has 0 saturated carbocycles. The molecule has 0 bridgehead atoms. The van der Waals surface area contributed by atoms with Crippen molar-refractivity contribution in [2.24, 2.45) is 5.92 Å². The second-order valence-electron chi connectivity index (χ2n) is 14.1. The van der Waals surface area contributed by atoms with E-state index in [1.54, 1.807) is 9.80 Å². The highest BCUT2D eigenvalue weighted by molar-refractivity contribution is 5.91. The van der Waals surface area contributed by atoms with Crippen LogP contribution in [0, 0.1) is 5.92 Å². The molecular weight excluding hydrogens is 635 g/mol. The first kappa shape index (κ1) is 35.0. The van der Waals surface area contributed by atoms with Crippen LogP contribution < -0.4 is 11.1 Å². The molecule has 0 radical (unpaired) electrons. The van der Waals surface area contributed by atoms with Crippen molar-refractivity contribution >= 4 is 29.2 Å². The predicted octanol–water partition coefficient (Wildman–Crippen LogP) is 4.16. The summed E-state index contributed by atoms with van der Waals surface area (Å²) >= 11 is 0. The second kappa shape index (κ2) is 15.0. The van der Waals surface area contributed by atoms with Crippen LogP contribution in [0.3, 0.4) is 0 Å². The molecule has 4 aliphatic heterocycles. The van der Waals surface area contributed by atoms with Gasteiger partial charge in [-0.05, 0) is 74.9 Å². The van der Waals surface area contributed by atoms with E-state index in [9.17, 15) is 27.6 Å². The number of anilines is 2. The number of nitrogens with two attached hydrogens (primary N) is 1. The predicted molar refractivity (Wildman–Crippen MR) is 182 cm³/mol. The summed E-state index contributed by atoms with van der Waals surface area (Å²) in [5, 5.41) is 3.02. The van der Waals surface area contributed by atoms with Gasteiger partial charge in [0.05, 0.1) is 11.5 Å². The maximum Gasteiger partial charge on any atom is 0.418 e. The Morgan fingerprint density at radius 2 is 1.53 bits per heavy atom. The Kier molecular flexibility index (Phi) is 10.7. The number of nitrogens with one attached hydrogen (secondary N) is 1. The summed E-state index contributed by atoms with van der Waals surface area (Å²) in [6, 6.07) is 11.8. The molecular formula is C36H48F3N7O3. The van der Waals surface area contributed by atoms with Gasteiger partial charge in [0.2, 0.25) is 11.8 Å². The van der Waals surface area contributed by atoms with Crippen LogP contribution in [0.15, 0.2) is 42.5 Å². The number of nitrogens with zero attached hydrogens (tertiary/aromatic N) is 5. The number of piperazine rings is 1. The van der Waals surface area contributed by atoms with E-state index >= 15 is 0 Å². The zero-order valence-corrected chi connectivity index (χ0v) is 28.3. The van der Waals surface area contributed by atoms with Crippen molar-refractivity contribution in [2.45, 2.75) is 63.2 Å². The number of rotatable bonds is 7. The Hall–Kier alpha value is -3.84. The summed E-state index contributed by atoms with van der Waals surface area (Å²) in [6.07, 6.45) is -1.08. The molecule has 266 valence electrons. The van der Waals surface area contributed by atoms with Gasteiger partial charge in [0.1, 0.15) is 0 Å². The number of likely N-dealkylation sites (N-methyl/N-ethyl adjacent to an activating group) is 1. The van der Waals surface area contributed by atoms with Gasteiger partial charge in [0.15, 0.2) is 0 Å². The number of hydrogen-bond donors (Lipinski definition) is 2. The number of carbonyl (C=O) groups excluding carboxylic acids is 3. The largest absolute Gasteiger partial charge is 0.418 e. The van der Waals surface area contributed by atoms with Crippen molar-refractivity contribution in [3.8, 4) is 0 Å². The van der Waals surface area contributed by atoms with E-state index in [1.165, 1.54) is 12.1 Å². The third-order valence-corrected chi connectivity index (χ3v) is 10.9. The average molecular weight is 684 g/mol. The van der Waals surface area contributed by atoms with Crippen LogP contribution in [0.4, 0.5) is 29.3 Å². The minimum absolute atomic E-state index is 0.0112. The topological polar surface area (TPSA) is 105 Å². The molecule has 10 nitrogen and oxygen atoms in total. The molecule has 4 heterocycles. The van der Waals surface area contributed by atoms with Crippen LogP contribution in [0.1, 0.15) is 48.8 Å². The summed E-state index contributed by atoms with van der Waals surface area (Å²) in [5.41, 5.74) is 6.60. The molecule has 4 amide bonds. The number of alkyl halides is 3. The number of nitrogen functional groups attached to an aromatic ring is 1. The number of amides is 4. The van der Waals surface area contributed by atoms with Gasteiger partial charge >= 0.3 is 12.2 Å².